The van der Waals surface area contributed by atoms with Crippen molar-refractivity contribution in [1.29, 1.82) is 0 Å². The summed E-state index contributed by atoms with van der Waals surface area (Å²) in [6.07, 6.45) is 4.75. The first-order chi connectivity index (χ1) is 12.7. The van der Waals surface area contributed by atoms with Crippen LogP contribution < -0.4 is 5.32 Å². The van der Waals surface area contributed by atoms with E-state index >= 15 is 0 Å². The van der Waals surface area contributed by atoms with Crippen molar-refractivity contribution in [2.75, 3.05) is 13.1 Å². The van der Waals surface area contributed by atoms with Crippen molar-refractivity contribution >= 4 is 5.91 Å². The van der Waals surface area contributed by atoms with Crippen LogP contribution in [-0.2, 0) is 13.1 Å². The molecule has 1 N–H and O–H groups in total. The Balaban J connectivity index is 1.26. The molecule has 2 aliphatic rings. The van der Waals surface area contributed by atoms with Crippen LogP contribution in [0.2, 0.25) is 0 Å². The predicted octanol–water partition coefficient (Wildman–Crippen LogP) is 4.32. The molecule has 0 spiro atoms. The molecule has 2 atom stereocenters. The molecule has 1 aliphatic carbocycles. The zero-order valence-corrected chi connectivity index (χ0v) is 15.5. The van der Waals surface area contributed by atoms with Crippen molar-refractivity contribution in [3.8, 4) is 0 Å². The van der Waals surface area contributed by atoms with E-state index in [0.29, 0.717) is 5.92 Å². The van der Waals surface area contributed by atoms with E-state index in [1.54, 1.807) is 0 Å². The normalized spacial score (nSPS) is 22.4. The van der Waals surface area contributed by atoms with Gasteiger partial charge in [0.05, 0.1) is 6.54 Å². The second kappa shape index (κ2) is 7.67. The van der Waals surface area contributed by atoms with Gasteiger partial charge >= 0.3 is 0 Å². The van der Waals surface area contributed by atoms with Crippen LogP contribution >= 0.6 is 0 Å². The number of carbonyl (C=O) groups excluding carboxylic acids is 1. The number of likely N-dealkylation sites (tertiary alicyclic amines) is 1. The third-order valence-corrected chi connectivity index (χ3v) is 5.63. The third-order valence-electron chi connectivity index (χ3n) is 5.63. The Labute approximate surface area is 155 Å². The summed E-state index contributed by atoms with van der Waals surface area (Å²) < 4.78 is 5.92. The van der Waals surface area contributed by atoms with E-state index in [1.807, 2.05) is 29.2 Å². The number of nitrogens with one attached hydrogen (secondary N) is 1. The molecule has 1 aliphatic heterocycles. The third kappa shape index (κ3) is 4.01. The van der Waals surface area contributed by atoms with Crippen molar-refractivity contribution in [3.05, 3.63) is 59.0 Å². The van der Waals surface area contributed by atoms with Crippen LogP contribution in [-0.4, -0.2) is 23.9 Å². The van der Waals surface area contributed by atoms with Gasteiger partial charge in [-0.3, -0.25) is 4.79 Å². The van der Waals surface area contributed by atoms with Crippen LogP contribution in [0.4, 0.5) is 0 Å². The number of hydrogen-bond donors (Lipinski definition) is 1. The van der Waals surface area contributed by atoms with Crippen molar-refractivity contribution in [3.63, 3.8) is 0 Å². The molecule has 2 aromatic rings. The minimum Gasteiger partial charge on any atom is -0.464 e. The van der Waals surface area contributed by atoms with Gasteiger partial charge in [0.1, 0.15) is 11.5 Å². The van der Waals surface area contributed by atoms with E-state index in [9.17, 15) is 4.79 Å². The number of amides is 1. The van der Waals surface area contributed by atoms with Crippen LogP contribution in [0.5, 0.6) is 0 Å². The molecule has 1 saturated carbocycles. The topological polar surface area (TPSA) is 45.5 Å². The molecule has 4 rings (SSSR count). The average Bonchev–Trinajstić information content (AvgIpc) is 3.23. The Morgan fingerprint density at radius 3 is 2.50 bits per heavy atom. The van der Waals surface area contributed by atoms with Gasteiger partial charge in [-0.2, -0.15) is 0 Å². The minimum atomic E-state index is 0.168. The average molecular weight is 352 g/mol. The standard InChI is InChI=1S/C22H28N2O2/c1-16-13-20(16)21-10-9-19(26-21)15-23-14-17-5-7-18(8-6-17)22(25)24-11-3-2-4-12-24/h5-10,16,20,23H,2-4,11-15H2,1H3. The Morgan fingerprint density at radius 1 is 1.08 bits per heavy atom. The number of piperidine rings is 1. The maximum Gasteiger partial charge on any atom is 0.253 e. The molecule has 26 heavy (non-hydrogen) atoms. The van der Waals surface area contributed by atoms with Gasteiger partial charge in [0, 0.05) is 31.1 Å². The molecule has 4 nitrogen and oxygen atoms in total. The van der Waals surface area contributed by atoms with Gasteiger partial charge in [-0.15, -0.1) is 0 Å². The van der Waals surface area contributed by atoms with E-state index in [-0.39, 0.29) is 5.91 Å². The Hall–Kier alpha value is -2.07. The van der Waals surface area contributed by atoms with E-state index < -0.39 is 0 Å². The molecule has 0 bridgehead atoms. The Kier molecular flexibility index (Phi) is 5.11. The number of benzene rings is 1. The Morgan fingerprint density at radius 2 is 1.81 bits per heavy atom. The summed E-state index contributed by atoms with van der Waals surface area (Å²) >= 11 is 0. The van der Waals surface area contributed by atoms with Crippen molar-refractivity contribution in [1.82, 2.24) is 10.2 Å². The van der Waals surface area contributed by atoms with Gasteiger partial charge in [-0.05, 0) is 61.4 Å². The first-order valence-electron chi connectivity index (χ1n) is 9.88. The highest BCUT2D eigenvalue weighted by molar-refractivity contribution is 5.94. The number of nitrogens with zero attached hydrogens (tertiary/aromatic N) is 1. The molecule has 1 amide bonds. The number of hydrogen-bond acceptors (Lipinski definition) is 3. The second-order valence-electron chi connectivity index (χ2n) is 7.78. The smallest absolute Gasteiger partial charge is 0.253 e. The first kappa shape index (κ1) is 17.3. The quantitative estimate of drug-likeness (QED) is 0.842. The molecule has 2 heterocycles. The molecule has 1 aromatic heterocycles. The Bertz CT molecular complexity index is 744. The molecule has 4 heteroatoms. The van der Waals surface area contributed by atoms with Gasteiger partial charge in [0.25, 0.3) is 5.91 Å². The second-order valence-corrected chi connectivity index (χ2v) is 7.78. The zero-order valence-electron chi connectivity index (χ0n) is 15.5. The van der Waals surface area contributed by atoms with Gasteiger partial charge in [-0.25, -0.2) is 0 Å². The van der Waals surface area contributed by atoms with E-state index in [2.05, 4.69) is 24.4 Å². The van der Waals surface area contributed by atoms with Crippen LogP contribution in [0.25, 0.3) is 0 Å². The first-order valence-corrected chi connectivity index (χ1v) is 9.88. The van der Waals surface area contributed by atoms with E-state index in [1.165, 1.54) is 18.4 Å². The van der Waals surface area contributed by atoms with Gasteiger partial charge in [0.15, 0.2) is 0 Å². The maximum atomic E-state index is 12.5. The summed E-state index contributed by atoms with van der Waals surface area (Å²) in [6, 6.07) is 12.2. The SMILES string of the molecule is CC1CC1c1ccc(CNCc2ccc(C(=O)N3CCCCC3)cc2)o1. The summed E-state index contributed by atoms with van der Waals surface area (Å²) in [4.78, 5) is 14.5. The number of rotatable bonds is 6. The summed E-state index contributed by atoms with van der Waals surface area (Å²) in [5.41, 5.74) is 1.98. The van der Waals surface area contributed by atoms with Crippen LogP contribution in [0, 0.1) is 5.92 Å². The fraction of sp³-hybridized carbons (Fsp3) is 0.500. The summed E-state index contributed by atoms with van der Waals surface area (Å²) in [5, 5.41) is 3.42. The molecule has 2 fully saturated rings. The van der Waals surface area contributed by atoms with Crippen LogP contribution in [0.1, 0.15) is 66.0 Å². The lowest BCUT2D eigenvalue weighted by molar-refractivity contribution is 0.0724. The molecule has 1 saturated heterocycles. The fourth-order valence-corrected chi connectivity index (χ4v) is 3.78. The van der Waals surface area contributed by atoms with Crippen molar-refractivity contribution in [2.45, 2.75) is 51.6 Å². The van der Waals surface area contributed by atoms with Gasteiger partial charge in [-0.1, -0.05) is 19.1 Å². The van der Waals surface area contributed by atoms with Crippen molar-refractivity contribution < 1.29 is 9.21 Å². The minimum absolute atomic E-state index is 0.168. The highest BCUT2D eigenvalue weighted by Crippen LogP contribution is 2.47. The maximum absolute atomic E-state index is 12.5. The van der Waals surface area contributed by atoms with Crippen molar-refractivity contribution in [2.24, 2.45) is 5.92 Å². The predicted molar refractivity (Wildman–Crippen MR) is 102 cm³/mol. The fourth-order valence-electron chi connectivity index (χ4n) is 3.78. The molecule has 2 unspecified atom stereocenters. The molecular formula is C22H28N2O2. The summed E-state index contributed by atoms with van der Waals surface area (Å²) in [7, 11) is 0. The lowest BCUT2D eigenvalue weighted by Gasteiger charge is -2.26. The zero-order chi connectivity index (χ0) is 17.9. The van der Waals surface area contributed by atoms with E-state index in [0.717, 1.165) is 62.0 Å². The highest BCUT2D eigenvalue weighted by Gasteiger charge is 2.36. The van der Waals surface area contributed by atoms with Gasteiger partial charge in [0.2, 0.25) is 0 Å². The lowest BCUT2D eigenvalue weighted by Crippen LogP contribution is -2.35. The highest BCUT2D eigenvalue weighted by atomic mass is 16.3. The van der Waals surface area contributed by atoms with Gasteiger partial charge < -0.3 is 14.6 Å². The van der Waals surface area contributed by atoms with Crippen LogP contribution in [0.15, 0.2) is 40.8 Å². The number of furan rings is 1. The lowest BCUT2D eigenvalue weighted by atomic mass is 10.1. The largest absolute Gasteiger partial charge is 0.464 e. The number of carbonyl (C=O) groups is 1. The summed E-state index contributed by atoms with van der Waals surface area (Å²) in [5.74, 6) is 3.70. The molecule has 138 valence electrons. The van der Waals surface area contributed by atoms with E-state index in [4.69, 9.17) is 4.42 Å². The molecular weight excluding hydrogens is 324 g/mol. The monoisotopic (exact) mass is 352 g/mol. The summed E-state index contributed by atoms with van der Waals surface area (Å²) in [6.45, 7) is 5.56. The molecule has 0 radical (unpaired) electrons. The molecule has 1 aromatic carbocycles. The van der Waals surface area contributed by atoms with Crippen LogP contribution in [0.3, 0.4) is 0 Å².